The molecule has 0 aromatic heterocycles. The first kappa shape index (κ1) is 22.7. The summed E-state index contributed by atoms with van der Waals surface area (Å²) in [5.74, 6) is -0.940. The largest absolute Gasteiger partial charge is 0.508 e. The number of nitrogens with zero attached hydrogens (tertiary/aromatic N) is 1. The van der Waals surface area contributed by atoms with Crippen molar-refractivity contribution in [1.29, 1.82) is 5.26 Å². The lowest BCUT2D eigenvalue weighted by atomic mass is 9.71. The van der Waals surface area contributed by atoms with E-state index < -0.39 is 35.8 Å². The van der Waals surface area contributed by atoms with E-state index in [2.05, 4.69) is 0 Å². The van der Waals surface area contributed by atoms with Gasteiger partial charge in [0.25, 0.3) is 0 Å². The standard InChI is InChI=1S/C22H24F4N2O/c1-13-7-15(8-14(2)17(13)11-27)10-21(28,22(24,25)26)12-20(3,4)18-9-16(23)5-6-19(18)29/h5-9,29H,10,12,28H2,1-4H3. The Kier molecular flexibility index (Phi) is 6.01. The molecule has 0 aliphatic carbocycles. The van der Waals surface area contributed by atoms with Crippen LogP contribution in [-0.4, -0.2) is 16.8 Å². The van der Waals surface area contributed by atoms with Gasteiger partial charge in [0.15, 0.2) is 0 Å². The number of aryl methyl sites for hydroxylation is 2. The first-order valence-electron chi connectivity index (χ1n) is 9.05. The summed E-state index contributed by atoms with van der Waals surface area (Å²) in [6.45, 7) is 6.30. The van der Waals surface area contributed by atoms with Crippen molar-refractivity contribution in [1.82, 2.24) is 0 Å². The molecular formula is C22H24F4N2O. The quantitative estimate of drug-likeness (QED) is 0.669. The maximum atomic E-state index is 14.0. The molecular weight excluding hydrogens is 384 g/mol. The van der Waals surface area contributed by atoms with Gasteiger partial charge in [-0.2, -0.15) is 18.4 Å². The van der Waals surface area contributed by atoms with Crippen LogP contribution in [0.15, 0.2) is 30.3 Å². The number of hydrogen-bond acceptors (Lipinski definition) is 3. The van der Waals surface area contributed by atoms with Crippen molar-refractivity contribution in [3.05, 3.63) is 64.0 Å². The lowest BCUT2D eigenvalue weighted by Crippen LogP contribution is -2.58. The van der Waals surface area contributed by atoms with Crippen molar-refractivity contribution in [2.45, 2.75) is 57.7 Å². The molecule has 0 bridgehead atoms. The van der Waals surface area contributed by atoms with Gasteiger partial charge in [0, 0.05) is 5.56 Å². The Morgan fingerprint density at radius 2 is 1.62 bits per heavy atom. The van der Waals surface area contributed by atoms with E-state index in [0.29, 0.717) is 22.3 Å². The van der Waals surface area contributed by atoms with Crippen LogP contribution in [0.25, 0.3) is 0 Å². The molecule has 0 amide bonds. The van der Waals surface area contributed by atoms with Gasteiger partial charge in [-0.15, -0.1) is 0 Å². The minimum absolute atomic E-state index is 0.0590. The van der Waals surface area contributed by atoms with E-state index in [0.717, 1.165) is 18.2 Å². The van der Waals surface area contributed by atoms with Gasteiger partial charge < -0.3 is 10.8 Å². The Balaban J connectivity index is 2.48. The molecule has 0 spiro atoms. The molecule has 2 rings (SSSR count). The third-order valence-electron chi connectivity index (χ3n) is 5.23. The fourth-order valence-electron chi connectivity index (χ4n) is 3.89. The monoisotopic (exact) mass is 408 g/mol. The molecule has 0 aliphatic rings. The van der Waals surface area contributed by atoms with Crippen LogP contribution >= 0.6 is 0 Å². The second-order valence-corrected chi connectivity index (χ2v) is 8.27. The van der Waals surface area contributed by atoms with Gasteiger partial charge in [-0.3, -0.25) is 0 Å². The second-order valence-electron chi connectivity index (χ2n) is 8.27. The zero-order chi connectivity index (χ0) is 22.2. The van der Waals surface area contributed by atoms with Crippen molar-refractivity contribution < 1.29 is 22.7 Å². The highest BCUT2D eigenvalue weighted by Crippen LogP contribution is 2.43. The van der Waals surface area contributed by atoms with E-state index in [1.807, 2.05) is 6.07 Å². The summed E-state index contributed by atoms with van der Waals surface area (Å²) in [7, 11) is 0. The summed E-state index contributed by atoms with van der Waals surface area (Å²) < 4.78 is 55.8. The number of hydrogen-bond donors (Lipinski definition) is 2. The lowest BCUT2D eigenvalue weighted by Gasteiger charge is -2.39. The molecule has 0 radical (unpaired) electrons. The third-order valence-corrected chi connectivity index (χ3v) is 5.23. The average Bonchev–Trinajstić information content (AvgIpc) is 2.55. The summed E-state index contributed by atoms with van der Waals surface area (Å²) in [6.07, 6.45) is -5.83. The number of aromatic hydroxyl groups is 1. The number of rotatable bonds is 5. The molecule has 1 atom stereocenters. The fourth-order valence-corrected chi connectivity index (χ4v) is 3.89. The van der Waals surface area contributed by atoms with Crippen LogP contribution in [0, 0.1) is 31.0 Å². The highest BCUT2D eigenvalue weighted by Gasteiger charge is 2.54. The summed E-state index contributed by atoms with van der Waals surface area (Å²) in [5, 5.41) is 19.2. The number of halogens is 4. The average molecular weight is 408 g/mol. The Bertz CT molecular complexity index is 937. The maximum absolute atomic E-state index is 14.0. The van der Waals surface area contributed by atoms with Crippen LogP contribution < -0.4 is 5.73 Å². The smallest absolute Gasteiger partial charge is 0.406 e. The predicted octanol–water partition coefficient (Wildman–Crippen LogP) is 5.19. The zero-order valence-corrected chi connectivity index (χ0v) is 16.8. The van der Waals surface area contributed by atoms with Crippen molar-refractivity contribution in [2.24, 2.45) is 5.73 Å². The topological polar surface area (TPSA) is 70.0 Å². The summed E-state index contributed by atoms with van der Waals surface area (Å²) in [6, 6.07) is 8.29. The maximum Gasteiger partial charge on any atom is 0.406 e. The van der Waals surface area contributed by atoms with E-state index in [4.69, 9.17) is 5.73 Å². The van der Waals surface area contributed by atoms with Crippen molar-refractivity contribution in [3.63, 3.8) is 0 Å². The number of benzene rings is 2. The Morgan fingerprint density at radius 1 is 1.07 bits per heavy atom. The number of nitriles is 1. The van der Waals surface area contributed by atoms with Gasteiger partial charge >= 0.3 is 6.18 Å². The van der Waals surface area contributed by atoms with E-state index in [1.165, 1.54) is 26.0 Å². The van der Waals surface area contributed by atoms with Crippen LogP contribution in [0.3, 0.4) is 0 Å². The van der Waals surface area contributed by atoms with E-state index >= 15 is 0 Å². The van der Waals surface area contributed by atoms with Crippen molar-refractivity contribution in [2.75, 3.05) is 0 Å². The van der Waals surface area contributed by atoms with Gasteiger partial charge in [-0.25, -0.2) is 4.39 Å². The zero-order valence-electron chi connectivity index (χ0n) is 16.8. The van der Waals surface area contributed by atoms with Crippen LogP contribution in [0.2, 0.25) is 0 Å². The molecule has 156 valence electrons. The Hall–Kier alpha value is -2.59. The van der Waals surface area contributed by atoms with Crippen molar-refractivity contribution >= 4 is 0 Å². The first-order chi connectivity index (χ1) is 13.2. The SMILES string of the molecule is Cc1cc(CC(N)(CC(C)(C)c2cc(F)ccc2O)C(F)(F)F)cc(C)c1C#N. The van der Waals surface area contributed by atoms with Gasteiger partial charge in [0.2, 0.25) is 0 Å². The Morgan fingerprint density at radius 3 is 2.10 bits per heavy atom. The molecule has 7 heteroatoms. The van der Waals surface area contributed by atoms with Crippen LogP contribution in [-0.2, 0) is 11.8 Å². The van der Waals surface area contributed by atoms with Crippen LogP contribution in [0.1, 0.15) is 48.1 Å². The highest BCUT2D eigenvalue weighted by atomic mass is 19.4. The molecule has 0 saturated heterocycles. The summed E-state index contributed by atoms with van der Waals surface area (Å²) >= 11 is 0. The molecule has 0 saturated carbocycles. The lowest BCUT2D eigenvalue weighted by molar-refractivity contribution is -0.191. The molecule has 1 unspecified atom stereocenters. The van der Waals surface area contributed by atoms with Crippen LogP contribution in [0.5, 0.6) is 5.75 Å². The predicted molar refractivity (Wildman–Crippen MR) is 103 cm³/mol. The molecule has 2 aromatic carbocycles. The second kappa shape index (κ2) is 7.68. The summed E-state index contributed by atoms with van der Waals surface area (Å²) in [4.78, 5) is 0. The highest BCUT2D eigenvalue weighted by molar-refractivity contribution is 5.46. The number of alkyl halides is 3. The van der Waals surface area contributed by atoms with E-state index in [-0.39, 0.29) is 11.3 Å². The van der Waals surface area contributed by atoms with Crippen molar-refractivity contribution in [3.8, 4) is 11.8 Å². The first-order valence-corrected chi connectivity index (χ1v) is 9.05. The fraction of sp³-hybridized carbons (Fsp3) is 0.409. The van der Waals surface area contributed by atoms with Gasteiger partial charge in [0.05, 0.1) is 11.6 Å². The molecule has 0 aliphatic heterocycles. The molecule has 0 fully saturated rings. The van der Waals surface area contributed by atoms with Gasteiger partial charge in [-0.1, -0.05) is 26.0 Å². The molecule has 29 heavy (non-hydrogen) atoms. The van der Waals surface area contributed by atoms with E-state index in [1.54, 1.807) is 13.8 Å². The van der Waals surface area contributed by atoms with Crippen LogP contribution in [0.4, 0.5) is 17.6 Å². The molecule has 0 heterocycles. The summed E-state index contributed by atoms with van der Waals surface area (Å²) in [5.41, 5.74) is 4.04. The number of phenolic OH excluding ortho intramolecular Hbond substituents is 1. The molecule has 3 nitrogen and oxygen atoms in total. The number of phenols is 1. The normalized spacial score (nSPS) is 14.3. The van der Waals surface area contributed by atoms with Gasteiger partial charge in [-0.05, 0) is 67.0 Å². The molecule has 2 aromatic rings. The third kappa shape index (κ3) is 4.70. The minimum atomic E-state index is -4.75. The minimum Gasteiger partial charge on any atom is -0.508 e. The molecule has 3 N–H and O–H groups in total. The van der Waals surface area contributed by atoms with E-state index in [9.17, 15) is 27.9 Å². The number of nitrogens with two attached hydrogens (primary N) is 1. The van der Waals surface area contributed by atoms with Gasteiger partial charge in [0.1, 0.15) is 17.1 Å². The Labute approximate surface area is 167 Å².